The topological polar surface area (TPSA) is 22.6 Å². The number of hydrogen-bond donors (Lipinski definition) is 0. The van der Waals surface area contributed by atoms with E-state index in [-0.39, 0.29) is 17.0 Å². The second-order valence-corrected chi connectivity index (χ2v) is 8.00. The third kappa shape index (κ3) is 6.34. The van der Waals surface area contributed by atoms with Crippen LogP contribution in [0.25, 0.3) is 0 Å². The van der Waals surface area contributed by atoms with Crippen LogP contribution in [0.4, 0.5) is 5.13 Å². The van der Waals surface area contributed by atoms with E-state index < -0.39 is 0 Å². The van der Waals surface area contributed by atoms with Crippen LogP contribution >= 0.6 is 28.3 Å². The molecular formula is C20H31BrN4S. The maximum Gasteiger partial charge on any atom is 0.185 e. The number of piperazine rings is 1. The van der Waals surface area contributed by atoms with Gasteiger partial charge in [0.2, 0.25) is 0 Å². The van der Waals surface area contributed by atoms with Crippen LogP contribution in [0, 0.1) is 0 Å². The highest BCUT2D eigenvalue weighted by Gasteiger charge is 2.18. The molecule has 2 aromatic rings. The fourth-order valence-electron chi connectivity index (χ4n) is 3.31. The zero-order valence-corrected chi connectivity index (χ0v) is 18.5. The fourth-order valence-corrected chi connectivity index (χ4v) is 4.26. The number of rotatable bonds is 8. The predicted octanol–water partition coefficient (Wildman–Crippen LogP) is 3.93. The van der Waals surface area contributed by atoms with Gasteiger partial charge >= 0.3 is 0 Å². The molecule has 144 valence electrons. The van der Waals surface area contributed by atoms with E-state index in [2.05, 4.69) is 70.2 Å². The summed E-state index contributed by atoms with van der Waals surface area (Å²) in [6, 6.07) is 10.7. The Bertz CT molecular complexity index is 626. The first kappa shape index (κ1) is 21.4. The molecule has 0 N–H and O–H groups in total. The minimum absolute atomic E-state index is 0. The minimum Gasteiger partial charge on any atom is -0.346 e. The highest BCUT2D eigenvalue weighted by Crippen LogP contribution is 2.24. The number of anilines is 1. The second kappa shape index (κ2) is 11.0. The third-order valence-corrected chi connectivity index (χ3v) is 5.88. The molecule has 0 aliphatic carbocycles. The molecule has 6 heteroatoms. The molecule has 0 amide bonds. The average Bonchev–Trinajstić information content (AvgIpc) is 3.11. The fraction of sp³-hybridized carbons (Fsp3) is 0.550. The largest absolute Gasteiger partial charge is 0.346 e. The van der Waals surface area contributed by atoms with Crippen molar-refractivity contribution in [3.8, 4) is 0 Å². The summed E-state index contributed by atoms with van der Waals surface area (Å²) in [5.41, 5.74) is 1.37. The van der Waals surface area contributed by atoms with Gasteiger partial charge in [-0.25, -0.2) is 4.98 Å². The van der Waals surface area contributed by atoms with Gasteiger partial charge in [0, 0.05) is 50.3 Å². The number of thiazole rings is 1. The van der Waals surface area contributed by atoms with Crippen molar-refractivity contribution in [3.63, 3.8) is 0 Å². The lowest BCUT2D eigenvalue weighted by Gasteiger charge is -2.34. The summed E-state index contributed by atoms with van der Waals surface area (Å²) >= 11 is 1.87. The summed E-state index contributed by atoms with van der Waals surface area (Å²) in [6.45, 7) is 10.1. The van der Waals surface area contributed by atoms with Gasteiger partial charge in [-0.2, -0.15) is 0 Å². The van der Waals surface area contributed by atoms with E-state index in [1.807, 2.05) is 11.3 Å². The SMILES string of the molecule is Br.CCCN1CCN(c2ncc(CCN(C)Cc3ccccc3)s2)CC1. The Morgan fingerprint density at radius 2 is 1.85 bits per heavy atom. The van der Waals surface area contributed by atoms with Crippen LogP contribution in [0.1, 0.15) is 23.8 Å². The van der Waals surface area contributed by atoms with Gasteiger partial charge in [-0.05, 0) is 32.0 Å². The monoisotopic (exact) mass is 438 g/mol. The summed E-state index contributed by atoms with van der Waals surface area (Å²) in [4.78, 5) is 13.5. The van der Waals surface area contributed by atoms with E-state index >= 15 is 0 Å². The van der Waals surface area contributed by atoms with Gasteiger partial charge in [0.05, 0.1) is 0 Å². The molecule has 1 aromatic carbocycles. The normalized spacial score (nSPS) is 15.3. The van der Waals surface area contributed by atoms with Crippen LogP contribution in [-0.2, 0) is 13.0 Å². The maximum absolute atomic E-state index is 4.68. The number of nitrogens with zero attached hydrogens (tertiary/aromatic N) is 4. The Balaban J connectivity index is 0.00000243. The summed E-state index contributed by atoms with van der Waals surface area (Å²) in [5, 5.41) is 1.21. The molecule has 2 heterocycles. The van der Waals surface area contributed by atoms with Gasteiger partial charge in [0.25, 0.3) is 0 Å². The lowest BCUT2D eigenvalue weighted by Crippen LogP contribution is -2.46. The Morgan fingerprint density at radius 1 is 1.12 bits per heavy atom. The molecule has 0 radical (unpaired) electrons. The van der Waals surface area contributed by atoms with Crippen LogP contribution in [0.5, 0.6) is 0 Å². The Hall–Kier alpha value is -0.950. The van der Waals surface area contributed by atoms with E-state index in [9.17, 15) is 0 Å². The number of halogens is 1. The van der Waals surface area contributed by atoms with Crippen molar-refractivity contribution >= 4 is 33.4 Å². The maximum atomic E-state index is 4.68. The zero-order valence-electron chi connectivity index (χ0n) is 15.9. The van der Waals surface area contributed by atoms with Gasteiger partial charge in [-0.3, -0.25) is 4.90 Å². The van der Waals surface area contributed by atoms with Crippen molar-refractivity contribution in [2.45, 2.75) is 26.3 Å². The van der Waals surface area contributed by atoms with Crippen molar-refractivity contribution in [2.24, 2.45) is 0 Å². The minimum atomic E-state index is 0. The van der Waals surface area contributed by atoms with Gasteiger partial charge in [0.15, 0.2) is 5.13 Å². The standard InChI is InChI=1S/C20H30N4S.BrH/c1-3-10-23-12-14-24(15-13-23)20-21-16-19(25-20)9-11-22(2)17-18-7-5-4-6-8-18;/h4-8,16H,3,9-15,17H2,1-2H3;1H. The van der Waals surface area contributed by atoms with Crippen molar-refractivity contribution in [3.05, 3.63) is 47.0 Å². The molecule has 1 aromatic heterocycles. The van der Waals surface area contributed by atoms with Crippen LogP contribution in [0.2, 0.25) is 0 Å². The molecule has 26 heavy (non-hydrogen) atoms. The molecule has 0 bridgehead atoms. The first-order valence-electron chi connectivity index (χ1n) is 9.39. The molecule has 3 rings (SSSR count). The summed E-state index contributed by atoms with van der Waals surface area (Å²) in [6.07, 6.45) is 4.41. The van der Waals surface area contributed by atoms with Crippen molar-refractivity contribution in [1.82, 2.24) is 14.8 Å². The molecular weight excluding hydrogens is 408 g/mol. The lowest BCUT2D eigenvalue weighted by atomic mass is 10.2. The lowest BCUT2D eigenvalue weighted by molar-refractivity contribution is 0.258. The second-order valence-electron chi connectivity index (χ2n) is 6.91. The van der Waals surface area contributed by atoms with E-state index in [0.717, 1.165) is 32.6 Å². The van der Waals surface area contributed by atoms with E-state index in [1.165, 1.54) is 41.6 Å². The average molecular weight is 439 g/mol. The molecule has 0 saturated carbocycles. The van der Waals surface area contributed by atoms with Crippen LogP contribution in [-0.4, -0.2) is 61.1 Å². The summed E-state index contributed by atoms with van der Waals surface area (Å²) in [7, 11) is 2.20. The number of aromatic nitrogens is 1. The van der Waals surface area contributed by atoms with Crippen LogP contribution < -0.4 is 4.90 Å². The van der Waals surface area contributed by atoms with Gasteiger partial charge in [0.1, 0.15) is 0 Å². The number of hydrogen-bond acceptors (Lipinski definition) is 5. The molecule has 0 spiro atoms. The third-order valence-electron chi connectivity index (χ3n) is 4.76. The van der Waals surface area contributed by atoms with Crippen molar-refractivity contribution in [2.75, 3.05) is 51.2 Å². The van der Waals surface area contributed by atoms with Gasteiger partial charge in [-0.1, -0.05) is 37.3 Å². The summed E-state index contributed by atoms with van der Waals surface area (Å²) < 4.78 is 0. The Labute approximate surface area is 172 Å². The quantitative estimate of drug-likeness (QED) is 0.622. The molecule has 4 nitrogen and oxygen atoms in total. The predicted molar refractivity (Wildman–Crippen MR) is 118 cm³/mol. The van der Waals surface area contributed by atoms with Gasteiger partial charge < -0.3 is 9.80 Å². The van der Waals surface area contributed by atoms with E-state index in [4.69, 9.17) is 0 Å². The molecule has 1 aliphatic rings. The molecule has 0 unspecified atom stereocenters. The first-order valence-corrected chi connectivity index (χ1v) is 10.2. The smallest absolute Gasteiger partial charge is 0.185 e. The number of benzene rings is 1. The molecule has 1 aliphatic heterocycles. The number of likely N-dealkylation sites (N-methyl/N-ethyl adjacent to an activating group) is 1. The molecule has 1 saturated heterocycles. The van der Waals surface area contributed by atoms with Gasteiger partial charge in [-0.15, -0.1) is 28.3 Å². The zero-order chi connectivity index (χ0) is 17.5. The molecule has 1 fully saturated rings. The Kier molecular flexibility index (Phi) is 9.05. The van der Waals surface area contributed by atoms with Crippen molar-refractivity contribution < 1.29 is 0 Å². The first-order chi connectivity index (χ1) is 12.2. The highest BCUT2D eigenvalue weighted by molar-refractivity contribution is 8.93. The highest BCUT2D eigenvalue weighted by atomic mass is 79.9. The van der Waals surface area contributed by atoms with Crippen LogP contribution in [0.15, 0.2) is 36.5 Å². The molecule has 0 atom stereocenters. The Morgan fingerprint density at radius 3 is 2.54 bits per heavy atom. The summed E-state index contributed by atoms with van der Waals surface area (Å²) in [5.74, 6) is 0. The van der Waals surface area contributed by atoms with E-state index in [0.29, 0.717) is 0 Å². The van der Waals surface area contributed by atoms with E-state index in [1.54, 1.807) is 0 Å². The van der Waals surface area contributed by atoms with Crippen LogP contribution in [0.3, 0.4) is 0 Å². The van der Waals surface area contributed by atoms with Crippen molar-refractivity contribution in [1.29, 1.82) is 0 Å².